The second kappa shape index (κ2) is 9.04. The zero-order valence-electron chi connectivity index (χ0n) is 13.6. The summed E-state index contributed by atoms with van der Waals surface area (Å²) in [4.78, 5) is 27.8. The quantitative estimate of drug-likeness (QED) is 0.564. The highest BCUT2D eigenvalue weighted by Gasteiger charge is 2.27. The second-order valence-corrected chi connectivity index (χ2v) is 7.25. The molecule has 0 aliphatic heterocycles. The number of amides is 1. The number of nitrogens with one attached hydrogen (secondary N) is 1. The molecule has 0 unspecified atom stereocenters. The normalized spacial score (nSPS) is 11.2. The van der Waals surface area contributed by atoms with E-state index in [0.717, 1.165) is 10.0 Å². The minimum absolute atomic E-state index is 0.261. The Kier molecular flexibility index (Phi) is 7.04. The molecule has 0 fully saturated rings. The van der Waals surface area contributed by atoms with Crippen LogP contribution >= 0.6 is 23.1 Å². The Morgan fingerprint density at radius 2 is 2.04 bits per heavy atom. The summed E-state index contributed by atoms with van der Waals surface area (Å²) < 4.78 is 41.8. The number of carbonyl (C=O) groups is 2. The van der Waals surface area contributed by atoms with Crippen molar-refractivity contribution in [2.75, 3.05) is 13.2 Å². The molecule has 0 saturated carbocycles. The average molecular weight is 404 g/mol. The maximum atomic E-state index is 12.1. The lowest BCUT2D eigenvalue weighted by Crippen LogP contribution is -2.36. The van der Waals surface area contributed by atoms with Gasteiger partial charge in [-0.2, -0.15) is 13.2 Å². The molecule has 0 spiro atoms. The van der Waals surface area contributed by atoms with Crippen LogP contribution in [0.1, 0.15) is 21.6 Å². The predicted octanol–water partition coefficient (Wildman–Crippen LogP) is 3.58. The third kappa shape index (κ3) is 6.68. The van der Waals surface area contributed by atoms with Gasteiger partial charge in [0.15, 0.2) is 6.61 Å². The van der Waals surface area contributed by atoms with Gasteiger partial charge in [0.1, 0.15) is 10.9 Å². The molecule has 10 heteroatoms. The summed E-state index contributed by atoms with van der Waals surface area (Å²) in [7, 11) is 0. The molecule has 0 bridgehead atoms. The molecule has 0 saturated heterocycles. The van der Waals surface area contributed by atoms with Crippen LogP contribution in [0.3, 0.4) is 0 Å². The molecule has 1 N–H and O–H groups in total. The highest BCUT2D eigenvalue weighted by molar-refractivity contribution is 8.00. The molecule has 1 aromatic heterocycles. The minimum Gasteiger partial charge on any atom is -0.452 e. The summed E-state index contributed by atoms with van der Waals surface area (Å²) >= 11 is 2.95. The van der Waals surface area contributed by atoms with Gasteiger partial charge in [-0.25, -0.2) is 9.78 Å². The Morgan fingerprint density at radius 1 is 1.31 bits per heavy atom. The smallest absolute Gasteiger partial charge is 0.405 e. The number of aromatic nitrogens is 1. The fourth-order valence-electron chi connectivity index (χ4n) is 1.84. The van der Waals surface area contributed by atoms with Gasteiger partial charge in [-0.3, -0.25) is 4.79 Å². The first-order valence-electron chi connectivity index (χ1n) is 7.38. The molecule has 2 rings (SSSR count). The standard InChI is InChI=1S/C16H15F3N2O3S2/c1-10-7-25-15(21-10)26-8-11-4-2-3-5-12(11)14(23)24-6-13(22)20-9-16(17,18)19/h2-5,7H,6,8-9H2,1H3,(H,20,22). The van der Waals surface area contributed by atoms with Crippen molar-refractivity contribution < 1.29 is 27.5 Å². The lowest BCUT2D eigenvalue weighted by atomic mass is 10.1. The van der Waals surface area contributed by atoms with E-state index < -0.39 is 31.2 Å². The number of hydrogen-bond donors (Lipinski definition) is 1. The van der Waals surface area contributed by atoms with Crippen molar-refractivity contribution >= 4 is 35.0 Å². The van der Waals surface area contributed by atoms with Crippen molar-refractivity contribution in [3.05, 3.63) is 46.5 Å². The van der Waals surface area contributed by atoms with E-state index in [1.165, 1.54) is 23.1 Å². The highest BCUT2D eigenvalue weighted by Crippen LogP contribution is 2.27. The van der Waals surface area contributed by atoms with E-state index in [2.05, 4.69) is 4.98 Å². The van der Waals surface area contributed by atoms with Gasteiger partial charge in [0.25, 0.3) is 5.91 Å². The van der Waals surface area contributed by atoms with Crippen LogP contribution in [0, 0.1) is 6.92 Å². The maximum Gasteiger partial charge on any atom is 0.405 e. The molecule has 0 radical (unpaired) electrons. The first-order chi connectivity index (χ1) is 12.2. The first kappa shape index (κ1) is 20.2. The largest absolute Gasteiger partial charge is 0.452 e. The summed E-state index contributed by atoms with van der Waals surface area (Å²) in [6.45, 7) is -0.360. The van der Waals surface area contributed by atoms with Crippen LogP contribution in [0.25, 0.3) is 0 Å². The van der Waals surface area contributed by atoms with Crippen LogP contribution in [0.5, 0.6) is 0 Å². The molecule has 1 amide bonds. The van der Waals surface area contributed by atoms with Crippen molar-refractivity contribution in [2.24, 2.45) is 0 Å². The van der Waals surface area contributed by atoms with Crippen LogP contribution in [0.2, 0.25) is 0 Å². The third-order valence-corrected chi connectivity index (χ3v) is 5.19. The third-order valence-electron chi connectivity index (χ3n) is 3.01. The zero-order valence-corrected chi connectivity index (χ0v) is 15.3. The summed E-state index contributed by atoms with van der Waals surface area (Å²) in [5, 5.41) is 3.56. The van der Waals surface area contributed by atoms with Gasteiger partial charge in [-0.1, -0.05) is 30.0 Å². The number of halogens is 3. The van der Waals surface area contributed by atoms with Crippen LogP contribution in [-0.4, -0.2) is 36.2 Å². The van der Waals surface area contributed by atoms with E-state index in [0.29, 0.717) is 11.3 Å². The molecule has 5 nitrogen and oxygen atoms in total. The van der Waals surface area contributed by atoms with Gasteiger partial charge in [0.2, 0.25) is 0 Å². The summed E-state index contributed by atoms with van der Waals surface area (Å²) in [5.41, 5.74) is 1.86. The van der Waals surface area contributed by atoms with Gasteiger partial charge >= 0.3 is 12.1 Å². The van der Waals surface area contributed by atoms with E-state index in [-0.39, 0.29) is 5.56 Å². The van der Waals surface area contributed by atoms with Gasteiger partial charge in [0, 0.05) is 16.8 Å². The van der Waals surface area contributed by atoms with Crippen LogP contribution in [0.4, 0.5) is 13.2 Å². The number of nitrogens with zero attached hydrogens (tertiary/aromatic N) is 1. The molecule has 1 heterocycles. The van der Waals surface area contributed by atoms with Crippen LogP contribution in [-0.2, 0) is 15.3 Å². The van der Waals surface area contributed by atoms with E-state index in [1.807, 2.05) is 12.3 Å². The number of carbonyl (C=O) groups excluding carboxylic acids is 2. The summed E-state index contributed by atoms with van der Waals surface area (Å²) in [5.74, 6) is -1.31. The van der Waals surface area contributed by atoms with E-state index in [1.54, 1.807) is 29.6 Å². The number of rotatable bonds is 7. The summed E-state index contributed by atoms with van der Waals surface area (Å²) in [6, 6.07) is 6.69. The molecular weight excluding hydrogens is 389 g/mol. The fraction of sp³-hybridized carbons (Fsp3) is 0.312. The van der Waals surface area contributed by atoms with Crippen LogP contribution < -0.4 is 5.32 Å². The minimum atomic E-state index is -4.52. The summed E-state index contributed by atoms with van der Waals surface area (Å²) in [6.07, 6.45) is -4.52. The molecule has 0 aliphatic carbocycles. The number of esters is 1. The molecule has 2 aromatic rings. The average Bonchev–Trinajstić information content (AvgIpc) is 3.01. The molecule has 1 aromatic carbocycles. The molecular formula is C16H15F3N2O3S2. The second-order valence-electron chi connectivity index (χ2n) is 5.17. The Hall–Kier alpha value is -2.07. The number of benzene rings is 1. The molecule has 0 atom stereocenters. The Labute approximate surface area is 156 Å². The number of aryl methyl sites for hydroxylation is 1. The number of hydrogen-bond acceptors (Lipinski definition) is 6. The van der Waals surface area contributed by atoms with E-state index in [4.69, 9.17) is 4.74 Å². The van der Waals surface area contributed by atoms with Crippen molar-refractivity contribution in [1.82, 2.24) is 10.3 Å². The topological polar surface area (TPSA) is 68.3 Å². The fourth-order valence-corrected chi connectivity index (χ4v) is 3.70. The van der Waals surface area contributed by atoms with E-state index in [9.17, 15) is 22.8 Å². The predicted molar refractivity (Wildman–Crippen MR) is 92.2 cm³/mol. The maximum absolute atomic E-state index is 12.1. The Bertz CT molecular complexity index is 778. The van der Waals surface area contributed by atoms with Crippen molar-refractivity contribution in [2.45, 2.75) is 23.2 Å². The molecule has 140 valence electrons. The van der Waals surface area contributed by atoms with Crippen LogP contribution in [0.15, 0.2) is 34.0 Å². The molecule has 0 aliphatic rings. The number of ether oxygens (including phenoxy) is 1. The SMILES string of the molecule is Cc1csc(SCc2ccccc2C(=O)OCC(=O)NCC(F)(F)F)n1. The zero-order chi connectivity index (χ0) is 19.2. The van der Waals surface area contributed by atoms with Gasteiger partial charge < -0.3 is 10.1 Å². The van der Waals surface area contributed by atoms with E-state index >= 15 is 0 Å². The van der Waals surface area contributed by atoms with Crippen molar-refractivity contribution in [3.8, 4) is 0 Å². The monoisotopic (exact) mass is 404 g/mol. The number of thioether (sulfide) groups is 1. The highest BCUT2D eigenvalue weighted by atomic mass is 32.2. The number of alkyl halides is 3. The Morgan fingerprint density at radius 3 is 2.69 bits per heavy atom. The van der Waals surface area contributed by atoms with Gasteiger partial charge in [-0.15, -0.1) is 11.3 Å². The lowest BCUT2D eigenvalue weighted by Gasteiger charge is -2.10. The van der Waals surface area contributed by atoms with Crippen molar-refractivity contribution in [3.63, 3.8) is 0 Å². The van der Waals surface area contributed by atoms with Gasteiger partial charge in [-0.05, 0) is 18.6 Å². The number of thiazole rings is 1. The first-order valence-corrected chi connectivity index (χ1v) is 9.24. The van der Waals surface area contributed by atoms with Gasteiger partial charge in [0.05, 0.1) is 5.56 Å². The van der Waals surface area contributed by atoms with Crippen molar-refractivity contribution in [1.29, 1.82) is 0 Å². The Balaban J connectivity index is 1.91. The molecule has 26 heavy (non-hydrogen) atoms. The lowest BCUT2D eigenvalue weighted by molar-refractivity contribution is -0.140.